The lowest BCUT2D eigenvalue weighted by Gasteiger charge is -2.30. The second kappa shape index (κ2) is 5.56. The molecule has 0 aromatic rings. The van der Waals surface area contributed by atoms with Crippen LogP contribution in [-0.4, -0.2) is 40.6 Å². The summed E-state index contributed by atoms with van der Waals surface area (Å²) >= 11 is 5.02. The summed E-state index contributed by atoms with van der Waals surface area (Å²) in [6, 6.07) is 0.309. The Morgan fingerprint density at radius 3 is 2.83 bits per heavy atom. The Morgan fingerprint density at radius 2 is 2.22 bits per heavy atom. The van der Waals surface area contributed by atoms with Crippen molar-refractivity contribution in [3.05, 3.63) is 0 Å². The normalized spacial score (nSPS) is 24.8. The summed E-state index contributed by atoms with van der Waals surface area (Å²) in [5.74, 6) is -1.42. The molecule has 2 amide bonds. The largest absolute Gasteiger partial charge is 0.302 e. The van der Waals surface area contributed by atoms with Crippen molar-refractivity contribution in [2.24, 2.45) is 10.9 Å². The molecule has 1 saturated carbocycles. The molecule has 1 atom stereocenters. The van der Waals surface area contributed by atoms with E-state index in [1.807, 2.05) is 6.92 Å². The third-order valence-corrected chi connectivity index (χ3v) is 3.34. The predicted octanol–water partition coefficient (Wildman–Crippen LogP) is 0.879. The molecule has 2 rings (SSSR count). The van der Waals surface area contributed by atoms with Crippen molar-refractivity contribution in [3.63, 3.8) is 0 Å². The Labute approximate surface area is 112 Å². The first-order chi connectivity index (χ1) is 8.63. The highest BCUT2D eigenvalue weighted by Crippen LogP contribution is 2.23. The van der Waals surface area contributed by atoms with Gasteiger partial charge < -0.3 is 5.32 Å². The number of carbonyl (C=O) groups is 2. The molecule has 1 N–H and O–H groups in total. The fraction of sp³-hybridized carbons (Fsp3) is 0.667. The summed E-state index contributed by atoms with van der Waals surface area (Å²) in [5, 5.41) is 2.79. The van der Waals surface area contributed by atoms with Crippen LogP contribution in [0.1, 0.15) is 32.6 Å². The SMILES string of the molecule is CCCCN1C(=O)[C@@H](C=NC2CC2)C(=O)NC1=S. The van der Waals surface area contributed by atoms with Gasteiger partial charge in [0.2, 0.25) is 11.8 Å². The molecule has 6 heteroatoms. The number of hydrogen-bond donors (Lipinski definition) is 1. The van der Waals surface area contributed by atoms with E-state index in [-0.39, 0.29) is 16.9 Å². The monoisotopic (exact) mass is 267 g/mol. The van der Waals surface area contributed by atoms with Gasteiger partial charge in [0, 0.05) is 18.8 Å². The van der Waals surface area contributed by atoms with Gasteiger partial charge in [-0.3, -0.25) is 19.5 Å². The number of carbonyl (C=O) groups excluding carboxylic acids is 2. The molecule has 1 aliphatic carbocycles. The zero-order valence-corrected chi connectivity index (χ0v) is 11.2. The van der Waals surface area contributed by atoms with Crippen LogP contribution >= 0.6 is 12.2 Å². The van der Waals surface area contributed by atoms with Crippen molar-refractivity contribution in [2.45, 2.75) is 38.6 Å². The van der Waals surface area contributed by atoms with E-state index in [1.54, 1.807) is 0 Å². The molecule has 5 nitrogen and oxygen atoms in total. The number of amides is 2. The smallest absolute Gasteiger partial charge is 0.246 e. The van der Waals surface area contributed by atoms with E-state index < -0.39 is 5.92 Å². The number of aliphatic imine (C=N–C) groups is 1. The van der Waals surface area contributed by atoms with Crippen molar-refractivity contribution in [3.8, 4) is 0 Å². The minimum atomic E-state index is -0.811. The van der Waals surface area contributed by atoms with E-state index >= 15 is 0 Å². The lowest BCUT2D eigenvalue weighted by molar-refractivity contribution is -0.137. The summed E-state index contributed by atoms with van der Waals surface area (Å²) in [7, 11) is 0. The Morgan fingerprint density at radius 1 is 1.50 bits per heavy atom. The Bertz CT molecular complexity index is 404. The first-order valence-electron chi connectivity index (χ1n) is 6.33. The number of unbranched alkanes of at least 4 members (excludes halogenated alkanes) is 1. The van der Waals surface area contributed by atoms with E-state index in [2.05, 4.69) is 10.3 Å². The highest BCUT2D eigenvalue weighted by molar-refractivity contribution is 7.80. The van der Waals surface area contributed by atoms with Gasteiger partial charge in [0.25, 0.3) is 0 Å². The Kier molecular flexibility index (Phi) is 4.06. The van der Waals surface area contributed by atoms with E-state index in [0.29, 0.717) is 12.6 Å². The molecule has 1 heterocycles. The lowest BCUT2D eigenvalue weighted by atomic mass is 10.1. The van der Waals surface area contributed by atoms with E-state index in [9.17, 15) is 9.59 Å². The third kappa shape index (κ3) is 2.93. The molecule has 18 heavy (non-hydrogen) atoms. The highest BCUT2D eigenvalue weighted by atomic mass is 32.1. The van der Waals surface area contributed by atoms with Crippen molar-refractivity contribution < 1.29 is 9.59 Å². The van der Waals surface area contributed by atoms with Crippen LogP contribution in [0.15, 0.2) is 4.99 Å². The van der Waals surface area contributed by atoms with Crippen LogP contribution in [0.5, 0.6) is 0 Å². The first kappa shape index (κ1) is 13.1. The fourth-order valence-electron chi connectivity index (χ4n) is 1.72. The molecule has 0 radical (unpaired) electrons. The quantitative estimate of drug-likeness (QED) is 0.457. The van der Waals surface area contributed by atoms with Crippen LogP contribution < -0.4 is 5.32 Å². The second-order valence-corrected chi connectivity index (χ2v) is 5.03. The molecule has 0 spiro atoms. The topological polar surface area (TPSA) is 61.8 Å². The molecule has 0 aromatic heterocycles. The van der Waals surface area contributed by atoms with Gasteiger partial charge in [-0.1, -0.05) is 13.3 Å². The average molecular weight is 267 g/mol. The van der Waals surface area contributed by atoms with Gasteiger partial charge in [-0.25, -0.2) is 0 Å². The van der Waals surface area contributed by atoms with Crippen LogP contribution in [0.4, 0.5) is 0 Å². The molecule has 0 bridgehead atoms. The van der Waals surface area contributed by atoms with Gasteiger partial charge in [-0.2, -0.15) is 0 Å². The van der Waals surface area contributed by atoms with Gasteiger partial charge in [-0.15, -0.1) is 0 Å². The zero-order chi connectivity index (χ0) is 13.1. The fourth-order valence-corrected chi connectivity index (χ4v) is 2.00. The number of rotatable bonds is 5. The summed E-state index contributed by atoms with van der Waals surface area (Å²) in [6.45, 7) is 2.60. The van der Waals surface area contributed by atoms with Gasteiger partial charge in [0.1, 0.15) is 0 Å². The molecule has 98 valence electrons. The molecule has 1 aliphatic heterocycles. The molecule has 2 aliphatic rings. The van der Waals surface area contributed by atoms with E-state index in [1.165, 1.54) is 11.1 Å². The maximum atomic E-state index is 12.2. The maximum absolute atomic E-state index is 12.2. The average Bonchev–Trinajstić information content (AvgIpc) is 3.12. The number of nitrogens with zero attached hydrogens (tertiary/aromatic N) is 2. The standard InChI is InChI=1S/C12H17N3O2S/c1-2-3-6-15-11(17)9(7-13-8-4-5-8)10(16)14-12(15)18/h7-9H,2-6H2,1H3,(H,14,16,18)/t9-/m0/s1. The number of nitrogens with one attached hydrogen (secondary N) is 1. The number of hydrogen-bond acceptors (Lipinski definition) is 4. The van der Waals surface area contributed by atoms with Crippen LogP contribution in [0, 0.1) is 5.92 Å². The molecular formula is C12H17N3O2S. The van der Waals surface area contributed by atoms with Gasteiger partial charge in [0.15, 0.2) is 11.0 Å². The van der Waals surface area contributed by atoms with Gasteiger partial charge >= 0.3 is 0 Å². The van der Waals surface area contributed by atoms with Gasteiger partial charge in [-0.05, 0) is 31.5 Å². The predicted molar refractivity (Wildman–Crippen MR) is 72.4 cm³/mol. The van der Waals surface area contributed by atoms with Crippen LogP contribution in [0.2, 0.25) is 0 Å². The molecule has 2 fully saturated rings. The van der Waals surface area contributed by atoms with Crippen molar-refractivity contribution in [2.75, 3.05) is 6.54 Å². The van der Waals surface area contributed by atoms with Crippen molar-refractivity contribution in [1.82, 2.24) is 10.2 Å². The lowest BCUT2D eigenvalue weighted by Crippen LogP contribution is -2.58. The van der Waals surface area contributed by atoms with Gasteiger partial charge in [0.05, 0.1) is 0 Å². The molecule has 0 unspecified atom stereocenters. The minimum Gasteiger partial charge on any atom is -0.302 e. The second-order valence-electron chi connectivity index (χ2n) is 4.64. The van der Waals surface area contributed by atoms with Crippen molar-refractivity contribution in [1.29, 1.82) is 0 Å². The summed E-state index contributed by atoms with van der Waals surface area (Å²) in [4.78, 5) is 29.6. The van der Waals surface area contributed by atoms with Crippen LogP contribution in [0.25, 0.3) is 0 Å². The molecule has 1 saturated heterocycles. The number of thiocarbonyl (C=S) groups is 1. The highest BCUT2D eigenvalue weighted by Gasteiger charge is 2.37. The zero-order valence-electron chi connectivity index (χ0n) is 10.4. The summed E-state index contributed by atoms with van der Waals surface area (Å²) < 4.78 is 0. The van der Waals surface area contributed by atoms with E-state index in [4.69, 9.17) is 12.2 Å². The third-order valence-electron chi connectivity index (χ3n) is 3.02. The Balaban J connectivity index is 2.05. The Hall–Kier alpha value is -1.30. The first-order valence-corrected chi connectivity index (χ1v) is 6.73. The maximum Gasteiger partial charge on any atom is 0.246 e. The van der Waals surface area contributed by atoms with Crippen LogP contribution in [0.3, 0.4) is 0 Å². The van der Waals surface area contributed by atoms with Crippen molar-refractivity contribution >= 4 is 35.4 Å². The summed E-state index contributed by atoms with van der Waals surface area (Å²) in [6.07, 6.45) is 5.43. The summed E-state index contributed by atoms with van der Waals surface area (Å²) in [5.41, 5.74) is 0. The molecule has 0 aromatic carbocycles. The van der Waals surface area contributed by atoms with Crippen LogP contribution in [-0.2, 0) is 9.59 Å². The molecular weight excluding hydrogens is 250 g/mol. The van der Waals surface area contributed by atoms with E-state index in [0.717, 1.165) is 25.7 Å². The minimum absolute atomic E-state index is 0.217.